The number of carbonyl (C=O) groups is 1. The summed E-state index contributed by atoms with van der Waals surface area (Å²) in [5.74, 6) is 0.582. The van der Waals surface area contributed by atoms with Crippen LogP contribution in [0.1, 0.15) is 50.6 Å². The molecule has 0 spiro atoms. The first-order chi connectivity index (χ1) is 12.2. The van der Waals surface area contributed by atoms with Crippen molar-refractivity contribution in [1.82, 2.24) is 10.6 Å². The number of benzene rings is 1. The summed E-state index contributed by atoms with van der Waals surface area (Å²) in [5, 5.41) is 6.97. The second kappa shape index (κ2) is 8.63. The van der Waals surface area contributed by atoms with Crippen LogP contribution in [0.3, 0.4) is 0 Å². The minimum atomic E-state index is -0.0886. The van der Waals surface area contributed by atoms with Crippen molar-refractivity contribution < 1.29 is 9.53 Å². The zero-order chi connectivity index (χ0) is 17.5. The van der Waals surface area contributed by atoms with Gasteiger partial charge in [0.2, 0.25) is 5.91 Å². The van der Waals surface area contributed by atoms with Gasteiger partial charge in [0.25, 0.3) is 0 Å². The third-order valence-electron chi connectivity index (χ3n) is 5.46. The summed E-state index contributed by atoms with van der Waals surface area (Å²) in [4.78, 5) is 12.3. The third-order valence-corrected chi connectivity index (χ3v) is 5.46. The molecule has 0 bridgehead atoms. The molecule has 1 heterocycles. The Morgan fingerprint density at radius 2 is 2.04 bits per heavy atom. The predicted molar refractivity (Wildman–Crippen MR) is 100 cm³/mol. The van der Waals surface area contributed by atoms with Crippen molar-refractivity contribution in [3.05, 3.63) is 48.0 Å². The van der Waals surface area contributed by atoms with E-state index < -0.39 is 0 Å². The number of amides is 1. The largest absolute Gasteiger partial charge is 0.381 e. The van der Waals surface area contributed by atoms with E-state index in [1.54, 1.807) is 0 Å². The second-order valence-corrected chi connectivity index (χ2v) is 7.42. The van der Waals surface area contributed by atoms with E-state index in [0.29, 0.717) is 18.9 Å². The average Bonchev–Trinajstić information content (AvgIpc) is 3.15. The molecule has 2 aliphatic rings. The van der Waals surface area contributed by atoms with Gasteiger partial charge in [-0.3, -0.25) is 4.79 Å². The Kier molecular flexibility index (Phi) is 6.27. The molecule has 1 amide bonds. The fraction of sp³-hybridized carbons (Fsp3) is 0.571. The van der Waals surface area contributed by atoms with Gasteiger partial charge < -0.3 is 15.4 Å². The summed E-state index contributed by atoms with van der Waals surface area (Å²) in [6, 6.07) is 10.7. The Labute approximate surface area is 151 Å². The molecule has 1 fully saturated rings. The molecular formula is C21H30N2O2. The van der Waals surface area contributed by atoms with Crippen molar-refractivity contribution in [3.63, 3.8) is 0 Å². The van der Waals surface area contributed by atoms with E-state index in [2.05, 4.69) is 54.0 Å². The Morgan fingerprint density at radius 1 is 1.28 bits per heavy atom. The van der Waals surface area contributed by atoms with Crippen molar-refractivity contribution in [2.45, 2.75) is 50.6 Å². The topological polar surface area (TPSA) is 50.4 Å². The van der Waals surface area contributed by atoms with Crippen LogP contribution in [-0.2, 0) is 9.53 Å². The summed E-state index contributed by atoms with van der Waals surface area (Å²) >= 11 is 0. The summed E-state index contributed by atoms with van der Waals surface area (Å²) in [6.45, 7) is 4.35. The molecule has 1 aliphatic heterocycles. The molecule has 1 saturated heterocycles. The van der Waals surface area contributed by atoms with E-state index in [0.717, 1.165) is 38.9 Å². The van der Waals surface area contributed by atoms with Crippen LogP contribution in [0.5, 0.6) is 0 Å². The molecule has 2 atom stereocenters. The highest BCUT2D eigenvalue weighted by atomic mass is 16.5. The Hall–Kier alpha value is -1.65. The molecule has 0 saturated carbocycles. The zero-order valence-electron chi connectivity index (χ0n) is 15.2. The number of nitrogens with one attached hydrogen (secondary N) is 2. The van der Waals surface area contributed by atoms with E-state index in [1.165, 1.54) is 5.56 Å². The molecule has 0 radical (unpaired) electrons. The van der Waals surface area contributed by atoms with E-state index >= 15 is 0 Å². The molecule has 0 unspecified atom stereocenters. The first-order valence-corrected chi connectivity index (χ1v) is 9.51. The van der Waals surface area contributed by atoms with Crippen LogP contribution in [0.2, 0.25) is 0 Å². The average molecular weight is 342 g/mol. The maximum Gasteiger partial charge on any atom is 0.220 e. The summed E-state index contributed by atoms with van der Waals surface area (Å²) < 4.78 is 5.56. The van der Waals surface area contributed by atoms with Crippen LogP contribution in [0.25, 0.3) is 0 Å². The van der Waals surface area contributed by atoms with Crippen molar-refractivity contribution in [3.8, 4) is 0 Å². The predicted octanol–water partition coefficient (Wildman–Crippen LogP) is 3.36. The molecule has 4 nitrogen and oxygen atoms in total. The van der Waals surface area contributed by atoms with E-state index in [4.69, 9.17) is 4.74 Å². The minimum absolute atomic E-state index is 0.0886. The summed E-state index contributed by atoms with van der Waals surface area (Å²) in [5.41, 5.74) is 1.19. The lowest BCUT2D eigenvalue weighted by atomic mass is 9.88. The fourth-order valence-corrected chi connectivity index (χ4v) is 3.86. The lowest BCUT2D eigenvalue weighted by Crippen LogP contribution is -2.57. The van der Waals surface area contributed by atoms with Gasteiger partial charge in [0, 0.05) is 37.8 Å². The number of hydrogen-bond acceptors (Lipinski definition) is 3. The third kappa shape index (κ3) is 5.16. The van der Waals surface area contributed by atoms with E-state index in [9.17, 15) is 4.79 Å². The summed E-state index contributed by atoms with van der Waals surface area (Å²) in [6.07, 6.45) is 9.03. The maximum atomic E-state index is 12.3. The van der Waals surface area contributed by atoms with Crippen LogP contribution in [0.4, 0.5) is 0 Å². The van der Waals surface area contributed by atoms with Crippen molar-refractivity contribution >= 4 is 5.91 Å². The molecule has 0 aromatic heterocycles. The highest BCUT2D eigenvalue weighted by molar-refractivity contribution is 5.76. The van der Waals surface area contributed by atoms with Gasteiger partial charge in [0.05, 0.1) is 0 Å². The Balaban J connectivity index is 1.58. The highest BCUT2D eigenvalue weighted by Gasteiger charge is 2.34. The van der Waals surface area contributed by atoms with E-state index in [-0.39, 0.29) is 17.5 Å². The van der Waals surface area contributed by atoms with Gasteiger partial charge in [-0.05, 0) is 44.1 Å². The van der Waals surface area contributed by atoms with Gasteiger partial charge in [-0.15, -0.1) is 0 Å². The van der Waals surface area contributed by atoms with Gasteiger partial charge in [-0.25, -0.2) is 0 Å². The van der Waals surface area contributed by atoms with Crippen LogP contribution < -0.4 is 10.6 Å². The van der Waals surface area contributed by atoms with Gasteiger partial charge in [0.15, 0.2) is 0 Å². The van der Waals surface area contributed by atoms with Crippen LogP contribution >= 0.6 is 0 Å². The maximum absolute atomic E-state index is 12.3. The molecule has 1 aromatic carbocycles. The highest BCUT2D eigenvalue weighted by Crippen LogP contribution is 2.25. The minimum Gasteiger partial charge on any atom is -0.381 e. The molecule has 3 rings (SSSR count). The number of hydrogen-bond donors (Lipinski definition) is 2. The Morgan fingerprint density at radius 3 is 2.72 bits per heavy atom. The van der Waals surface area contributed by atoms with Gasteiger partial charge in [-0.1, -0.05) is 42.5 Å². The lowest BCUT2D eigenvalue weighted by molar-refractivity contribution is -0.122. The number of rotatable bonds is 7. The molecule has 1 aliphatic carbocycles. The van der Waals surface area contributed by atoms with Crippen LogP contribution in [0, 0.1) is 5.92 Å². The molecule has 4 heteroatoms. The first kappa shape index (κ1) is 18.2. The quantitative estimate of drug-likeness (QED) is 0.747. The standard InChI is InChI=1S/C21H30N2O2/c1-17(19-9-3-2-4-10-19)23-21(11-13-25-14-12-21)16-22-20(24)15-18-7-5-6-8-18/h2-5,7,9-10,17-18,23H,6,8,11-16H2,1H3,(H,22,24)/t17-,18+/m0/s1. The summed E-state index contributed by atoms with van der Waals surface area (Å²) in [7, 11) is 0. The molecular weight excluding hydrogens is 312 g/mol. The van der Waals surface area contributed by atoms with Crippen molar-refractivity contribution in [1.29, 1.82) is 0 Å². The van der Waals surface area contributed by atoms with E-state index in [1.807, 2.05) is 6.07 Å². The second-order valence-electron chi connectivity index (χ2n) is 7.42. The lowest BCUT2D eigenvalue weighted by Gasteiger charge is -2.40. The number of ether oxygens (including phenoxy) is 1. The van der Waals surface area contributed by atoms with Crippen LogP contribution in [-0.4, -0.2) is 31.2 Å². The molecule has 25 heavy (non-hydrogen) atoms. The molecule has 1 aromatic rings. The molecule has 2 N–H and O–H groups in total. The molecule has 136 valence electrons. The monoisotopic (exact) mass is 342 g/mol. The fourth-order valence-electron chi connectivity index (χ4n) is 3.86. The van der Waals surface area contributed by atoms with Crippen LogP contribution in [0.15, 0.2) is 42.5 Å². The number of carbonyl (C=O) groups excluding carboxylic acids is 1. The first-order valence-electron chi connectivity index (χ1n) is 9.51. The smallest absolute Gasteiger partial charge is 0.220 e. The van der Waals surface area contributed by atoms with Gasteiger partial charge in [0.1, 0.15) is 0 Å². The zero-order valence-corrected chi connectivity index (χ0v) is 15.2. The van der Waals surface area contributed by atoms with Gasteiger partial charge in [-0.2, -0.15) is 0 Å². The number of allylic oxidation sites excluding steroid dienone is 2. The van der Waals surface area contributed by atoms with Gasteiger partial charge >= 0.3 is 0 Å². The van der Waals surface area contributed by atoms with Crippen molar-refractivity contribution in [2.24, 2.45) is 5.92 Å². The normalized spacial score (nSPS) is 23.3. The van der Waals surface area contributed by atoms with Crippen molar-refractivity contribution in [2.75, 3.05) is 19.8 Å². The Bertz CT molecular complexity index is 579. The SMILES string of the molecule is C[C@H](NC1(CNC(=O)C[C@@H]2C=CCC2)CCOCC1)c1ccccc1.